The number of non-ortho nitro benzene ring substituents is 1. The number of hydrogen-bond acceptors (Lipinski definition) is 2. The van der Waals surface area contributed by atoms with Gasteiger partial charge < -0.3 is 0 Å². The van der Waals surface area contributed by atoms with Crippen LogP contribution in [0.15, 0.2) is 42.5 Å². The summed E-state index contributed by atoms with van der Waals surface area (Å²) in [5.74, 6) is 5.40. The van der Waals surface area contributed by atoms with Crippen LogP contribution < -0.4 is 0 Å². The fourth-order valence-corrected chi connectivity index (χ4v) is 1.53. The average Bonchev–Trinajstić information content (AvgIpc) is 2.39. The number of nitro groups is 1. The Kier molecular flexibility index (Phi) is 3.58. The molecule has 0 aliphatic heterocycles. The molecule has 0 radical (unpaired) electrons. The molecular weight excluding hydrogens is 245 g/mol. The SMILES string of the molecule is Cc1ccc([N+](=O)[O-])cc1C#Cc1ccc(F)cc1. The van der Waals surface area contributed by atoms with Crippen LogP contribution in [0.5, 0.6) is 0 Å². The Bertz CT molecular complexity index is 682. The summed E-state index contributed by atoms with van der Waals surface area (Å²) < 4.78 is 12.7. The summed E-state index contributed by atoms with van der Waals surface area (Å²) in [6, 6.07) is 10.3. The third-order valence-electron chi connectivity index (χ3n) is 2.62. The lowest BCUT2D eigenvalue weighted by Gasteiger charge is -1.97. The molecule has 2 rings (SSSR count). The molecular formula is C15H10FNO2. The second-order valence-electron chi connectivity index (χ2n) is 4.01. The molecule has 0 aromatic heterocycles. The Morgan fingerprint density at radius 2 is 1.79 bits per heavy atom. The number of halogens is 1. The van der Waals surface area contributed by atoms with Gasteiger partial charge in [0.15, 0.2) is 0 Å². The van der Waals surface area contributed by atoms with Gasteiger partial charge in [0.1, 0.15) is 5.82 Å². The molecule has 2 aromatic carbocycles. The van der Waals surface area contributed by atoms with Gasteiger partial charge in [-0.3, -0.25) is 10.1 Å². The van der Waals surface area contributed by atoms with Crippen molar-refractivity contribution in [3.8, 4) is 11.8 Å². The minimum absolute atomic E-state index is 0.00834. The normalized spacial score (nSPS) is 9.58. The predicted molar refractivity (Wildman–Crippen MR) is 70.2 cm³/mol. The second kappa shape index (κ2) is 5.32. The van der Waals surface area contributed by atoms with Crippen molar-refractivity contribution in [1.82, 2.24) is 0 Å². The van der Waals surface area contributed by atoms with Crippen LogP contribution in [0.1, 0.15) is 16.7 Å². The van der Waals surface area contributed by atoms with E-state index in [0.29, 0.717) is 11.1 Å². The Morgan fingerprint density at radius 3 is 2.42 bits per heavy atom. The number of nitro benzene ring substituents is 1. The summed E-state index contributed by atoms with van der Waals surface area (Å²) in [6.45, 7) is 1.83. The summed E-state index contributed by atoms with van der Waals surface area (Å²) in [6.07, 6.45) is 0. The maximum atomic E-state index is 12.7. The van der Waals surface area contributed by atoms with Crippen molar-refractivity contribution in [2.45, 2.75) is 6.92 Å². The first-order valence-corrected chi connectivity index (χ1v) is 5.59. The van der Waals surface area contributed by atoms with Gasteiger partial charge in [0, 0.05) is 23.3 Å². The summed E-state index contributed by atoms with van der Waals surface area (Å²) >= 11 is 0. The molecule has 19 heavy (non-hydrogen) atoms. The van der Waals surface area contributed by atoms with E-state index < -0.39 is 4.92 Å². The van der Waals surface area contributed by atoms with Crippen molar-refractivity contribution in [1.29, 1.82) is 0 Å². The van der Waals surface area contributed by atoms with Gasteiger partial charge in [0.2, 0.25) is 0 Å². The molecule has 0 unspecified atom stereocenters. The molecule has 0 aliphatic rings. The lowest BCUT2D eigenvalue weighted by molar-refractivity contribution is -0.384. The molecule has 3 nitrogen and oxygen atoms in total. The topological polar surface area (TPSA) is 43.1 Å². The van der Waals surface area contributed by atoms with Gasteiger partial charge in [-0.05, 0) is 36.8 Å². The first-order valence-electron chi connectivity index (χ1n) is 5.59. The van der Waals surface area contributed by atoms with E-state index in [9.17, 15) is 14.5 Å². The highest BCUT2D eigenvalue weighted by Crippen LogP contribution is 2.16. The molecule has 0 saturated carbocycles. The summed E-state index contributed by atoms with van der Waals surface area (Å²) in [5, 5.41) is 10.7. The zero-order valence-electron chi connectivity index (χ0n) is 10.2. The van der Waals surface area contributed by atoms with Gasteiger partial charge in [0.05, 0.1) is 4.92 Å². The van der Waals surface area contributed by atoms with Crippen LogP contribution in [-0.4, -0.2) is 4.92 Å². The highest BCUT2D eigenvalue weighted by molar-refractivity contribution is 5.50. The van der Waals surface area contributed by atoms with E-state index in [1.165, 1.54) is 24.3 Å². The smallest absolute Gasteiger partial charge is 0.258 e. The van der Waals surface area contributed by atoms with Crippen LogP contribution in [0.3, 0.4) is 0 Å². The summed E-state index contributed by atoms with van der Waals surface area (Å²) in [4.78, 5) is 10.2. The zero-order chi connectivity index (χ0) is 13.8. The molecule has 0 bridgehead atoms. The maximum Gasteiger partial charge on any atom is 0.270 e. The van der Waals surface area contributed by atoms with Gasteiger partial charge in [-0.1, -0.05) is 17.9 Å². The minimum Gasteiger partial charge on any atom is -0.258 e. The molecule has 4 heteroatoms. The van der Waals surface area contributed by atoms with E-state index in [1.807, 2.05) is 6.92 Å². The summed E-state index contributed by atoms with van der Waals surface area (Å²) in [5.41, 5.74) is 2.13. The maximum absolute atomic E-state index is 12.7. The fraction of sp³-hybridized carbons (Fsp3) is 0.0667. The van der Waals surface area contributed by atoms with Crippen LogP contribution in [0.25, 0.3) is 0 Å². The minimum atomic E-state index is -0.456. The number of rotatable bonds is 1. The Balaban J connectivity index is 2.36. The average molecular weight is 255 g/mol. The van der Waals surface area contributed by atoms with E-state index in [1.54, 1.807) is 18.2 Å². The van der Waals surface area contributed by atoms with Crippen molar-refractivity contribution in [3.63, 3.8) is 0 Å². The third-order valence-corrected chi connectivity index (χ3v) is 2.62. The summed E-state index contributed by atoms with van der Waals surface area (Å²) in [7, 11) is 0. The lowest BCUT2D eigenvalue weighted by atomic mass is 10.1. The number of aryl methyl sites for hydroxylation is 1. The standard InChI is InChI=1S/C15H10FNO2/c1-11-2-9-15(17(18)19)10-13(11)6-3-12-4-7-14(16)8-5-12/h2,4-5,7-10H,1H3. The number of hydrogen-bond donors (Lipinski definition) is 0. The van der Waals surface area contributed by atoms with E-state index in [2.05, 4.69) is 11.8 Å². The molecule has 0 N–H and O–H groups in total. The van der Waals surface area contributed by atoms with Gasteiger partial charge in [-0.15, -0.1) is 0 Å². The molecule has 0 atom stereocenters. The molecule has 0 spiro atoms. The van der Waals surface area contributed by atoms with Gasteiger partial charge in [-0.25, -0.2) is 4.39 Å². The first kappa shape index (κ1) is 12.8. The molecule has 0 saturated heterocycles. The molecule has 0 aliphatic carbocycles. The predicted octanol–water partition coefficient (Wildman–Crippen LogP) is 3.44. The molecule has 0 heterocycles. The van der Waals surface area contributed by atoms with Crippen molar-refractivity contribution in [2.24, 2.45) is 0 Å². The molecule has 94 valence electrons. The number of benzene rings is 2. The molecule has 2 aromatic rings. The Hall–Kier alpha value is -2.67. The second-order valence-corrected chi connectivity index (χ2v) is 4.01. The number of nitrogens with zero attached hydrogens (tertiary/aromatic N) is 1. The van der Waals surface area contributed by atoms with Crippen molar-refractivity contribution < 1.29 is 9.31 Å². The van der Waals surface area contributed by atoms with E-state index >= 15 is 0 Å². The Labute approximate surface area is 109 Å². The monoisotopic (exact) mass is 255 g/mol. The largest absolute Gasteiger partial charge is 0.270 e. The van der Waals surface area contributed by atoms with Gasteiger partial charge in [0.25, 0.3) is 5.69 Å². The zero-order valence-corrected chi connectivity index (χ0v) is 10.2. The highest BCUT2D eigenvalue weighted by atomic mass is 19.1. The first-order chi connectivity index (χ1) is 9.06. The quantitative estimate of drug-likeness (QED) is 0.445. The van der Waals surface area contributed by atoms with Crippen LogP contribution in [0.4, 0.5) is 10.1 Å². The lowest BCUT2D eigenvalue weighted by Crippen LogP contribution is -1.90. The van der Waals surface area contributed by atoms with Crippen molar-refractivity contribution >= 4 is 5.69 Å². The third kappa shape index (κ3) is 3.17. The van der Waals surface area contributed by atoms with Crippen LogP contribution >= 0.6 is 0 Å². The van der Waals surface area contributed by atoms with E-state index in [4.69, 9.17) is 0 Å². The fourth-order valence-electron chi connectivity index (χ4n) is 1.53. The van der Waals surface area contributed by atoms with Gasteiger partial charge in [-0.2, -0.15) is 0 Å². The molecule has 0 amide bonds. The van der Waals surface area contributed by atoms with E-state index in [0.717, 1.165) is 5.56 Å². The Morgan fingerprint density at radius 1 is 1.11 bits per heavy atom. The van der Waals surface area contributed by atoms with E-state index in [-0.39, 0.29) is 11.5 Å². The molecule has 0 fully saturated rings. The highest BCUT2D eigenvalue weighted by Gasteiger charge is 2.06. The van der Waals surface area contributed by atoms with Gasteiger partial charge >= 0.3 is 0 Å². The van der Waals surface area contributed by atoms with Crippen LogP contribution in [-0.2, 0) is 0 Å². The van der Waals surface area contributed by atoms with Crippen LogP contribution in [0, 0.1) is 34.7 Å². The van der Waals surface area contributed by atoms with Crippen molar-refractivity contribution in [2.75, 3.05) is 0 Å². The van der Waals surface area contributed by atoms with Crippen LogP contribution in [0.2, 0.25) is 0 Å². The van der Waals surface area contributed by atoms with Crippen molar-refractivity contribution in [3.05, 3.63) is 75.1 Å².